The van der Waals surface area contributed by atoms with Crippen molar-refractivity contribution in [3.8, 4) is 0 Å². The van der Waals surface area contributed by atoms with E-state index in [1.54, 1.807) is 10.6 Å². The molecule has 2 heterocycles. The molecule has 0 saturated carbocycles. The van der Waals surface area contributed by atoms with Crippen molar-refractivity contribution in [2.45, 2.75) is 26.7 Å². The highest BCUT2D eigenvalue weighted by molar-refractivity contribution is 6.06. The van der Waals surface area contributed by atoms with Crippen LogP contribution in [0.15, 0.2) is 36.5 Å². The van der Waals surface area contributed by atoms with E-state index in [1.807, 2.05) is 26.0 Å². The third-order valence-electron chi connectivity index (χ3n) is 4.24. The molecule has 0 aliphatic carbocycles. The van der Waals surface area contributed by atoms with Crippen LogP contribution in [0.5, 0.6) is 0 Å². The number of carboxylic acid groups (broad SMARTS) is 2. The number of carboxylic acids is 2. The lowest BCUT2D eigenvalue weighted by atomic mass is 10.1. The van der Waals surface area contributed by atoms with Crippen LogP contribution in [0.1, 0.15) is 55.8 Å². The zero-order chi connectivity index (χ0) is 20.4. The van der Waals surface area contributed by atoms with Gasteiger partial charge < -0.3 is 15.5 Å². The van der Waals surface area contributed by atoms with Crippen molar-refractivity contribution in [2.75, 3.05) is 5.32 Å². The minimum atomic E-state index is -1.28. The van der Waals surface area contributed by atoms with E-state index in [0.29, 0.717) is 23.5 Å². The number of amides is 1. The van der Waals surface area contributed by atoms with Crippen LogP contribution in [0.4, 0.5) is 5.69 Å². The van der Waals surface area contributed by atoms with Gasteiger partial charge in [-0.15, -0.1) is 0 Å². The smallest absolute Gasteiger partial charge is 0.335 e. The SMILES string of the molecule is CCCc1nc2cc(C)ccn2c1C(=O)Nc1cc(C(=O)O)cc(C(=O)O)c1. The Hall–Kier alpha value is -3.68. The molecule has 144 valence electrons. The molecule has 8 heteroatoms. The van der Waals surface area contributed by atoms with Crippen molar-refractivity contribution in [3.63, 3.8) is 0 Å². The lowest BCUT2D eigenvalue weighted by molar-refractivity contribution is 0.0696. The zero-order valence-electron chi connectivity index (χ0n) is 15.4. The van der Waals surface area contributed by atoms with Gasteiger partial charge in [0.25, 0.3) is 5.91 Å². The number of aromatic nitrogens is 2. The molecule has 0 unspecified atom stereocenters. The Bertz CT molecular complexity index is 1070. The van der Waals surface area contributed by atoms with Crippen LogP contribution in [-0.4, -0.2) is 37.4 Å². The second-order valence-corrected chi connectivity index (χ2v) is 6.45. The number of carbonyl (C=O) groups is 3. The van der Waals surface area contributed by atoms with E-state index in [1.165, 1.54) is 12.1 Å². The van der Waals surface area contributed by atoms with E-state index in [9.17, 15) is 24.6 Å². The first kappa shape index (κ1) is 19.1. The van der Waals surface area contributed by atoms with Crippen molar-refractivity contribution >= 4 is 29.2 Å². The maximum atomic E-state index is 13.0. The zero-order valence-corrected chi connectivity index (χ0v) is 15.4. The largest absolute Gasteiger partial charge is 0.478 e. The lowest BCUT2D eigenvalue weighted by Crippen LogP contribution is -2.17. The van der Waals surface area contributed by atoms with Crippen LogP contribution in [0.2, 0.25) is 0 Å². The predicted octanol–water partition coefficient (Wildman–Crippen LogP) is 3.24. The molecule has 0 bridgehead atoms. The molecule has 1 amide bonds. The monoisotopic (exact) mass is 381 g/mol. The summed E-state index contributed by atoms with van der Waals surface area (Å²) in [5.74, 6) is -3.05. The topological polar surface area (TPSA) is 121 Å². The van der Waals surface area contributed by atoms with Crippen LogP contribution >= 0.6 is 0 Å². The van der Waals surface area contributed by atoms with Gasteiger partial charge in [-0.3, -0.25) is 9.20 Å². The first-order valence-electron chi connectivity index (χ1n) is 8.70. The number of nitrogens with zero attached hydrogens (tertiary/aromatic N) is 2. The second kappa shape index (κ2) is 7.51. The van der Waals surface area contributed by atoms with Crippen LogP contribution in [0.3, 0.4) is 0 Å². The van der Waals surface area contributed by atoms with Gasteiger partial charge in [0.1, 0.15) is 11.3 Å². The van der Waals surface area contributed by atoms with E-state index >= 15 is 0 Å². The minimum Gasteiger partial charge on any atom is -0.478 e. The Morgan fingerprint density at radius 3 is 2.29 bits per heavy atom. The number of fused-ring (bicyclic) bond motifs is 1. The van der Waals surface area contributed by atoms with Crippen molar-refractivity contribution in [3.05, 3.63) is 64.6 Å². The molecular weight excluding hydrogens is 362 g/mol. The standard InChI is InChI=1S/C20H19N3O5/c1-3-4-15-17(23-6-5-11(2)7-16(23)22-15)18(24)21-14-9-12(19(25)26)8-13(10-14)20(27)28/h5-10H,3-4H2,1-2H3,(H,21,24)(H,25,26)(H,27,28). The van der Waals surface area contributed by atoms with Crippen LogP contribution < -0.4 is 5.32 Å². The van der Waals surface area contributed by atoms with E-state index in [0.717, 1.165) is 18.1 Å². The summed E-state index contributed by atoms with van der Waals surface area (Å²) in [5, 5.41) is 21.0. The summed E-state index contributed by atoms with van der Waals surface area (Å²) in [5.41, 5.74) is 2.25. The third kappa shape index (κ3) is 3.71. The molecule has 3 aromatic rings. The number of rotatable bonds is 6. The third-order valence-corrected chi connectivity index (χ3v) is 4.24. The summed E-state index contributed by atoms with van der Waals surface area (Å²) in [6.45, 7) is 3.91. The quantitative estimate of drug-likeness (QED) is 0.603. The molecule has 1 aromatic carbocycles. The Morgan fingerprint density at radius 1 is 1.07 bits per heavy atom. The summed E-state index contributed by atoms with van der Waals surface area (Å²) in [4.78, 5) is 40.0. The average Bonchev–Trinajstić information content (AvgIpc) is 2.98. The Labute approximate surface area is 160 Å². The number of nitrogens with one attached hydrogen (secondary N) is 1. The van der Waals surface area contributed by atoms with Crippen LogP contribution in [0, 0.1) is 6.92 Å². The fourth-order valence-electron chi connectivity index (χ4n) is 2.98. The van der Waals surface area contributed by atoms with E-state index < -0.39 is 17.8 Å². The van der Waals surface area contributed by atoms with Gasteiger partial charge >= 0.3 is 11.9 Å². The van der Waals surface area contributed by atoms with Crippen molar-refractivity contribution in [2.24, 2.45) is 0 Å². The number of hydrogen-bond donors (Lipinski definition) is 3. The highest BCUT2D eigenvalue weighted by atomic mass is 16.4. The molecule has 0 spiro atoms. The van der Waals surface area contributed by atoms with Crippen LogP contribution in [0.25, 0.3) is 5.65 Å². The summed E-state index contributed by atoms with van der Waals surface area (Å²) in [6.07, 6.45) is 3.14. The highest BCUT2D eigenvalue weighted by Crippen LogP contribution is 2.20. The van der Waals surface area contributed by atoms with Gasteiger partial charge in [-0.2, -0.15) is 0 Å². The summed E-state index contributed by atoms with van der Waals surface area (Å²) in [6, 6.07) is 7.21. The number of benzene rings is 1. The fourth-order valence-corrected chi connectivity index (χ4v) is 2.98. The molecule has 28 heavy (non-hydrogen) atoms. The number of pyridine rings is 1. The number of imidazole rings is 1. The maximum Gasteiger partial charge on any atom is 0.335 e. The Morgan fingerprint density at radius 2 is 1.71 bits per heavy atom. The first-order chi connectivity index (χ1) is 13.3. The molecule has 3 N–H and O–H groups in total. The van der Waals surface area contributed by atoms with E-state index in [-0.39, 0.29) is 16.8 Å². The molecule has 3 rings (SSSR count). The molecule has 0 aliphatic heterocycles. The van der Waals surface area contributed by atoms with Gasteiger partial charge in [-0.25, -0.2) is 14.6 Å². The summed E-state index contributed by atoms with van der Waals surface area (Å²) in [7, 11) is 0. The maximum absolute atomic E-state index is 13.0. The van der Waals surface area contributed by atoms with Gasteiger partial charge in [0.2, 0.25) is 0 Å². The van der Waals surface area contributed by atoms with Crippen LogP contribution in [-0.2, 0) is 6.42 Å². The first-order valence-corrected chi connectivity index (χ1v) is 8.70. The van der Waals surface area contributed by atoms with Gasteiger partial charge in [-0.1, -0.05) is 13.3 Å². The van der Waals surface area contributed by atoms with Crippen molar-refractivity contribution in [1.29, 1.82) is 0 Å². The molecule has 0 aliphatic rings. The molecule has 0 radical (unpaired) electrons. The number of aryl methyl sites for hydroxylation is 2. The summed E-state index contributed by atoms with van der Waals surface area (Å²) < 4.78 is 1.67. The van der Waals surface area contributed by atoms with Gasteiger partial charge in [-0.05, 0) is 49.2 Å². The average molecular weight is 381 g/mol. The highest BCUT2D eigenvalue weighted by Gasteiger charge is 2.20. The normalized spacial score (nSPS) is 10.8. The molecular formula is C20H19N3O5. The Kier molecular flexibility index (Phi) is 5.12. The number of hydrogen-bond acceptors (Lipinski definition) is 4. The molecule has 0 fully saturated rings. The fraction of sp³-hybridized carbons (Fsp3) is 0.200. The summed E-state index contributed by atoms with van der Waals surface area (Å²) >= 11 is 0. The molecule has 0 saturated heterocycles. The number of aromatic carboxylic acids is 2. The molecule has 2 aromatic heterocycles. The van der Waals surface area contributed by atoms with E-state index in [2.05, 4.69) is 10.3 Å². The van der Waals surface area contributed by atoms with Gasteiger partial charge in [0.15, 0.2) is 0 Å². The Balaban J connectivity index is 2.05. The lowest BCUT2D eigenvalue weighted by Gasteiger charge is -2.09. The van der Waals surface area contributed by atoms with Gasteiger partial charge in [0.05, 0.1) is 16.8 Å². The van der Waals surface area contributed by atoms with E-state index in [4.69, 9.17) is 0 Å². The predicted molar refractivity (Wildman–Crippen MR) is 102 cm³/mol. The van der Waals surface area contributed by atoms with Crippen molar-refractivity contribution < 1.29 is 24.6 Å². The molecule has 8 nitrogen and oxygen atoms in total. The van der Waals surface area contributed by atoms with Gasteiger partial charge in [0, 0.05) is 11.9 Å². The van der Waals surface area contributed by atoms with Crippen molar-refractivity contribution in [1.82, 2.24) is 9.38 Å². The number of carbonyl (C=O) groups excluding carboxylic acids is 1. The molecule has 0 atom stereocenters. The minimum absolute atomic E-state index is 0.0896. The second-order valence-electron chi connectivity index (χ2n) is 6.45. The number of anilines is 1.